The van der Waals surface area contributed by atoms with Gasteiger partial charge in [-0.3, -0.25) is 0 Å². The lowest BCUT2D eigenvalue weighted by Crippen LogP contribution is -2.37. The highest BCUT2D eigenvalue weighted by atomic mass is 16.5. The summed E-state index contributed by atoms with van der Waals surface area (Å²) in [5.74, 6) is 1.66. The van der Waals surface area contributed by atoms with Crippen LogP contribution in [0.4, 0.5) is 5.69 Å². The number of nitrogens with one attached hydrogen (secondary N) is 1. The average molecular weight is 265 g/mol. The van der Waals surface area contributed by atoms with Crippen LogP contribution >= 0.6 is 0 Å². The Hall–Kier alpha value is -1.42. The highest BCUT2D eigenvalue weighted by molar-refractivity contribution is 5.60. The summed E-state index contributed by atoms with van der Waals surface area (Å²) in [4.78, 5) is 0. The van der Waals surface area contributed by atoms with Crippen molar-refractivity contribution in [2.75, 3.05) is 26.6 Å². The van der Waals surface area contributed by atoms with Crippen molar-refractivity contribution < 1.29 is 14.2 Å². The second-order valence-corrected chi connectivity index (χ2v) is 4.88. The first-order chi connectivity index (χ1) is 9.28. The summed E-state index contributed by atoms with van der Waals surface area (Å²) >= 11 is 0. The Bertz CT molecular complexity index is 408. The lowest BCUT2D eigenvalue weighted by molar-refractivity contribution is 0.0605. The van der Waals surface area contributed by atoms with E-state index in [0.29, 0.717) is 6.04 Å². The second-order valence-electron chi connectivity index (χ2n) is 4.88. The number of anilines is 1. The fourth-order valence-corrected chi connectivity index (χ4v) is 2.67. The van der Waals surface area contributed by atoms with E-state index in [2.05, 4.69) is 5.32 Å². The molecule has 0 heterocycles. The molecular weight excluding hydrogens is 242 g/mol. The van der Waals surface area contributed by atoms with E-state index in [1.807, 2.05) is 18.2 Å². The van der Waals surface area contributed by atoms with Crippen LogP contribution in [0.2, 0.25) is 0 Å². The maximum absolute atomic E-state index is 5.57. The van der Waals surface area contributed by atoms with Gasteiger partial charge in [0.05, 0.1) is 32.1 Å². The highest BCUT2D eigenvalue weighted by Crippen LogP contribution is 2.32. The third kappa shape index (κ3) is 3.32. The van der Waals surface area contributed by atoms with Gasteiger partial charge in [-0.2, -0.15) is 0 Å². The molecule has 2 atom stereocenters. The largest absolute Gasteiger partial charge is 0.497 e. The van der Waals surface area contributed by atoms with Crippen LogP contribution in [-0.2, 0) is 4.74 Å². The van der Waals surface area contributed by atoms with E-state index in [0.717, 1.165) is 30.0 Å². The average Bonchev–Trinajstić information content (AvgIpc) is 2.47. The van der Waals surface area contributed by atoms with Gasteiger partial charge in [-0.05, 0) is 25.0 Å². The number of benzene rings is 1. The lowest BCUT2D eigenvalue weighted by Gasteiger charge is -2.32. The van der Waals surface area contributed by atoms with Crippen LogP contribution in [0.25, 0.3) is 0 Å². The molecule has 1 aliphatic rings. The Morgan fingerprint density at radius 1 is 1.05 bits per heavy atom. The van der Waals surface area contributed by atoms with Gasteiger partial charge in [0.2, 0.25) is 0 Å². The zero-order valence-corrected chi connectivity index (χ0v) is 11.9. The minimum absolute atomic E-state index is 0.268. The third-order valence-corrected chi connectivity index (χ3v) is 3.75. The van der Waals surface area contributed by atoms with Crippen molar-refractivity contribution in [2.24, 2.45) is 0 Å². The molecule has 0 radical (unpaired) electrons. The molecule has 106 valence electrons. The Morgan fingerprint density at radius 2 is 1.84 bits per heavy atom. The Balaban J connectivity index is 2.16. The smallest absolute Gasteiger partial charge is 0.142 e. The molecule has 0 bridgehead atoms. The predicted molar refractivity (Wildman–Crippen MR) is 76.2 cm³/mol. The van der Waals surface area contributed by atoms with E-state index in [4.69, 9.17) is 14.2 Å². The molecule has 4 nitrogen and oxygen atoms in total. The van der Waals surface area contributed by atoms with Gasteiger partial charge in [0.25, 0.3) is 0 Å². The Kier molecular flexibility index (Phi) is 4.91. The first kappa shape index (κ1) is 14.0. The van der Waals surface area contributed by atoms with Crippen LogP contribution in [0.1, 0.15) is 25.7 Å². The molecule has 0 spiro atoms. The monoisotopic (exact) mass is 265 g/mol. The number of hydrogen-bond donors (Lipinski definition) is 1. The Morgan fingerprint density at radius 3 is 2.53 bits per heavy atom. The number of rotatable bonds is 5. The minimum atomic E-state index is 0.268. The number of hydrogen-bond acceptors (Lipinski definition) is 4. The van der Waals surface area contributed by atoms with E-state index in [-0.39, 0.29) is 6.10 Å². The van der Waals surface area contributed by atoms with Crippen LogP contribution in [-0.4, -0.2) is 33.5 Å². The summed E-state index contributed by atoms with van der Waals surface area (Å²) in [5.41, 5.74) is 0.968. The molecule has 1 aromatic carbocycles. The molecular formula is C15H23NO3. The molecule has 4 heteroatoms. The van der Waals surface area contributed by atoms with Gasteiger partial charge in [-0.1, -0.05) is 12.8 Å². The van der Waals surface area contributed by atoms with E-state index < -0.39 is 0 Å². The molecule has 1 aliphatic carbocycles. The second kappa shape index (κ2) is 6.66. The normalized spacial score (nSPS) is 22.9. The summed E-state index contributed by atoms with van der Waals surface area (Å²) in [7, 11) is 5.14. The molecule has 1 N–H and O–H groups in total. The molecule has 19 heavy (non-hydrogen) atoms. The van der Waals surface area contributed by atoms with E-state index >= 15 is 0 Å². The SMILES string of the molecule is COc1ccc(OC)c(NC2CCCCC2OC)c1. The topological polar surface area (TPSA) is 39.7 Å². The van der Waals surface area contributed by atoms with Gasteiger partial charge < -0.3 is 19.5 Å². The lowest BCUT2D eigenvalue weighted by atomic mass is 9.92. The van der Waals surface area contributed by atoms with Crippen LogP contribution in [0.5, 0.6) is 11.5 Å². The van der Waals surface area contributed by atoms with Crippen molar-refractivity contribution in [3.05, 3.63) is 18.2 Å². The van der Waals surface area contributed by atoms with Crippen LogP contribution < -0.4 is 14.8 Å². The fraction of sp³-hybridized carbons (Fsp3) is 0.600. The first-order valence-corrected chi connectivity index (χ1v) is 6.80. The summed E-state index contributed by atoms with van der Waals surface area (Å²) in [5, 5.41) is 3.55. The van der Waals surface area contributed by atoms with Crippen molar-refractivity contribution in [2.45, 2.75) is 37.8 Å². The fourth-order valence-electron chi connectivity index (χ4n) is 2.67. The van der Waals surface area contributed by atoms with Gasteiger partial charge in [0.1, 0.15) is 11.5 Å². The van der Waals surface area contributed by atoms with E-state index in [1.165, 1.54) is 12.8 Å². The minimum Gasteiger partial charge on any atom is -0.497 e. The maximum atomic E-state index is 5.57. The molecule has 1 aromatic rings. The molecule has 1 fully saturated rings. The van der Waals surface area contributed by atoms with Gasteiger partial charge in [-0.15, -0.1) is 0 Å². The quantitative estimate of drug-likeness (QED) is 0.888. The number of ether oxygens (including phenoxy) is 3. The zero-order valence-electron chi connectivity index (χ0n) is 11.9. The van der Waals surface area contributed by atoms with Crippen LogP contribution in [0.3, 0.4) is 0 Å². The summed E-state index contributed by atoms with van der Waals surface area (Å²) in [6.07, 6.45) is 4.99. The van der Waals surface area contributed by atoms with Crippen molar-refractivity contribution in [3.8, 4) is 11.5 Å². The van der Waals surface area contributed by atoms with Crippen molar-refractivity contribution in [3.63, 3.8) is 0 Å². The van der Waals surface area contributed by atoms with Crippen LogP contribution in [0.15, 0.2) is 18.2 Å². The standard InChI is InChI=1S/C15H23NO3/c1-17-11-8-9-15(19-3)13(10-11)16-12-6-4-5-7-14(12)18-2/h8-10,12,14,16H,4-7H2,1-3H3. The highest BCUT2D eigenvalue weighted by Gasteiger charge is 2.25. The van der Waals surface area contributed by atoms with E-state index in [9.17, 15) is 0 Å². The van der Waals surface area contributed by atoms with Crippen molar-refractivity contribution in [1.82, 2.24) is 0 Å². The van der Waals surface area contributed by atoms with Gasteiger partial charge in [0, 0.05) is 13.2 Å². The molecule has 0 aromatic heterocycles. The number of methoxy groups -OCH3 is 3. The molecule has 2 rings (SSSR count). The van der Waals surface area contributed by atoms with Gasteiger partial charge in [0.15, 0.2) is 0 Å². The zero-order chi connectivity index (χ0) is 13.7. The Labute approximate surface area is 115 Å². The first-order valence-electron chi connectivity index (χ1n) is 6.80. The van der Waals surface area contributed by atoms with E-state index in [1.54, 1.807) is 21.3 Å². The molecule has 1 saturated carbocycles. The van der Waals surface area contributed by atoms with Crippen molar-refractivity contribution in [1.29, 1.82) is 0 Å². The molecule has 0 amide bonds. The molecule has 2 unspecified atom stereocenters. The van der Waals surface area contributed by atoms with Crippen molar-refractivity contribution >= 4 is 5.69 Å². The van der Waals surface area contributed by atoms with Crippen LogP contribution in [0, 0.1) is 0 Å². The summed E-state index contributed by atoms with van der Waals surface area (Å²) < 4.78 is 16.2. The van der Waals surface area contributed by atoms with Gasteiger partial charge in [-0.25, -0.2) is 0 Å². The van der Waals surface area contributed by atoms with Gasteiger partial charge >= 0.3 is 0 Å². The summed E-state index contributed by atoms with van der Waals surface area (Å²) in [6.45, 7) is 0. The maximum Gasteiger partial charge on any atom is 0.142 e. The predicted octanol–water partition coefficient (Wildman–Crippen LogP) is 3.07. The summed E-state index contributed by atoms with van der Waals surface area (Å²) in [6, 6.07) is 6.13. The molecule has 0 saturated heterocycles. The third-order valence-electron chi connectivity index (χ3n) is 3.75. The molecule has 0 aliphatic heterocycles.